The van der Waals surface area contributed by atoms with Crippen LogP contribution in [0.15, 0.2) is 17.1 Å². The number of nitrogens with one attached hydrogen (secondary N) is 1. The van der Waals surface area contributed by atoms with Gasteiger partial charge in [-0.05, 0) is 43.9 Å². The Morgan fingerprint density at radius 1 is 1.39 bits per heavy atom. The molecular weight excluding hydrogens is 382 g/mol. The van der Waals surface area contributed by atoms with Crippen molar-refractivity contribution in [1.29, 1.82) is 0 Å². The average Bonchev–Trinajstić information content (AvgIpc) is 2.71. The van der Waals surface area contributed by atoms with Crippen LogP contribution < -0.4 is 14.8 Å². The fourth-order valence-electron chi connectivity index (χ4n) is 3.58. The van der Waals surface area contributed by atoms with Crippen LogP contribution in [0.1, 0.15) is 25.3 Å². The van der Waals surface area contributed by atoms with Crippen molar-refractivity contribution in [2.24, 2.45) is 10.9 Å². The van der Waals surface area contributed by atoms with E-state index in [9.17, 15) is 4.79 Å². The molecular formula is C20H28ClN3O4. The number of fused-ring (bicyclic) bond motifs is 1. The van der Waals surface area contributed by atoms with E-state index < -0.39 is 0 Å². The Hall–Kier alpha value is -2.15. The van der Waals surface area contributed by atoms with Gasteiger partial charge in [0.05, 0.1) is 17.5 Å². The number of ether oxygens (including phenoxy) is 3. The second kappa shape index (κ2) is 9.87. The second-order valence-electron chi connectivity index (χ2n) is 6.86. The molecule has 7 nitrogen and oxygen atoms in total. The van der Waals surface area contributed by atoms with E-state index in [1.165, 1.54) is 0 Å². The highest BCUT2D eigenvalue weighted by molar-refractivity contribution is 6.32. The second-order valence-corrected chi connectivity index (χ2v) is 7.27. The summed E-state index contributed by atoms with van der Waals surface area (Å²) in [6.45, 7) is 5.52. The van der Waals surface area contributed by atoms with Crippen LogP contribution in [-0.4, -0.2) is 63.3 Å². The van der Waals surface area contributed by atoms with E-state index in [-0.39, 0.29) is 11.9 Å². The number of aliphatic imine (C=N–C) groups is 1. The first-order chi connectivity index (χ1) is 13.6. The number of piperidine rings is 1. The van der Waals surface area contributed by atoms with Crippen molar-refractivity contribution in [1.82, 2.24) is 10.2 Å². The van der Waals surface area contributed by atoms with Crippen molar-refractivity contribution in [2.45, 2.75) is 26.2 Å². The molecule has 28 heavy (non-hydrogen) atoms. The first-order valence-corrected chi connectivity index (χ1v) is 10.2. The van der Waals surface area contributed by atoms with Crippen LogP contribution in [-0.2, 0) is 16.0 Å². The van der Waals surface area contributed by atoms with Gasteiger partial charge in [0.1, 0.15) is 13.2 Å². The summed E-state index contributed by atoms with van der Waals surface area (Å²) in [5.41, 5.74) is 1.07. The first-order valence-electron chi connectivity index (χ1n) is 9.82. The highest BCUT2D eigenvalue weighted by atomic mass is 35.5. The molecule has 1 aromatic rings. The number of esters is 1. The molecule has 8 heteroatoms. The summed E-state index contributed by atoms with van der Waals surface area (Å²) in [7, 11) is 1.76. The SMILES string of the molecule is CCOC(=O)C1CCCN(C(=NC)NCCc2cc(Cl)c3c(c2)OCCO3)C1. The van der Waals surface area contributed by atoms with E-state index in [2.05, 4.69) is 15.2 Å². The Labute approximate surface area is 171 Å². The van der Waals surface area contributed by atoms with E-state index in [0.717, 1.165) is 37.3 Å². The predicted molar refractivity (Wildman–Crippen MR) is 108 cm³/mol. The monoisotopic (exact) mass is 409 g/mol. The number of guanidine groups is 1. The fourth-order valence-corrected chi connectivity index (χ4v) is 3.87. The van der Waals surface area contributed by atoms with Crippen molar-refractivity contribution < 1.29 is 19.0 Å². The predicted octanol–water partition coefficient (Wildman–Crippen LogP) is 2.50. The van der Waals surface area contributed by atoms with Crippen molar-refractivity contribution in [3.63, 3.8) is 0 Å². The smallest absolute Gasteiger partial charge is 0.310 e. The lowest BCUT2D eigenvalue weighted by atomic mass is 9.98. The van der Waals surface area contributed by atoms with Gasteiger partial charge in [0.25, 0.3) is 0 Å². The van der Waals surface area contributed by atoms with Crippen LogP contribution in [0.5, 0.6) is 11.5 Å². The third-order valence-electron chi connectivity index (χ3n) is 4.91. The number of rotatable bonds is 5. The zero-order valence-corrected chi connectivity index (χ0v) is 17.3. The van der Waals surface area contributed by atoms with Gasteiger partial charge in [-0.2, -0.15) is 0 Å². The quantitative estimate of drug-likeness (QED) is 0.457. The van der Waals surface area contributed by atoms with Gasteiger partial charge in [-0.25, -0.2) is 0 Å². The van der Waals surface area contributed by atoms with Gasteiger partial charge in [-0.1, -0.05) is 11.6 Å². The third-order valence-corrected chi connectivity index (χ3v) is 5.19. The standard InChI is InChI=1S/C20H28ClN3O4/c1-3-26-19(25)15-5-4-8-24(13-15)20(22-2)23-7-6-14-11-16(21)18-17(12-14)27-9-10-28-18/h11-12,15H,3-10,13H2,1-2H3,(H,22,23). The third kappa shape index (κ3) is 5.01. The lowest BCUT2D eigenvalue weighted by Gasteiger charge is -2.34. The molecule has 0 saturated carbocycles. The zero-order valence-electron chi connectivity index (χ0n) is 16.5. The molecule has 1 fully saturated rings. The van der Waals surface area contributed by atoms with Crippen LogP contribution >= 0.6 is 11.6 Å². The molecule has 0 aromatic heterocycles. The van der Waals surface area contributed by atoms with Gasteiger partial charge < -0.3 is 24.4 Å². The molecule has 2 aliphatic heterocycles. The molecule has 0 bridgehead atoms. The molecule has 154 valence electrons. The lowest BCUT2D eigenvalue weighted by Crippen LogP contribution is -2.48. The maximum Gasteiger partial charge on any atom is 0.310 e. The van der Waals surface area contributed by atoms with Crippen molar-refractivity contribution >= 4 is 23.5 Å². The molecule has 1 aromatic carbocycles. The van der Waals surface area contributed by atoms with E-state index in [0.29, 0.717) is 49.4 Å². The maximum absolute atomic E-state index is 12.1. The number of benzene rings is 1. The summed E-state index contributed by atoms with van der Waals surface area (Å²) in [6.07, 6.45) is 2.58. The van der Waals surface area contributed by atoms with Crippen molar-refractivity contribution in [3.8, 4) is 11.5 Å². The van der Waals surface area contributed by atoms with E-state index in [4.69, 9.17) is 25.8 Å². The molecule has 1 saturated heterocycles. The Bertz CT molecular complexity index is 726. The number of carbonyl (C=O) groups excluding carboxylic acids is 1. The molecule has 2 aliphatic rings. The normalized spacial score (nSPS) is 19.3. The van der Waals surface area contributed by atoms with E-state index in [1.807, 2.05) is 19.1 Å². The molecule has 0 spiro atoms. The summed E-state index contributed by atoms with van der Waals surface area (Å²) < 4.78 is 16.4. The molecule has 2 heterocycles. The molecule has 1 atom stereocenters. The number of halogens is 1. The Kier molecular flexibility index (Phi) is 7.25. The van der Waals surface area contributed by atoms with Crippen LogP contribution in [0.25, 0.3) is 0 Å². The zero-order chi connectivity index (χ0) is 19.9. The van der Waals surface area contributed by atoms with Crippen LogP contribution in [0, 0.1) is 5.92 Å². The van der Waals surface area contributed by atoms with Crippen LogP contribution in [0.2, 0.25) is 5.02 Å². The van der Waals surface area contributed by atoms with Gasteiger partial charge in [-0.3, -0.25) is 9.79 Å². The molecule has 0 amide bonds. The minimum Gasteiger partial charge on any atom is -0.486 e. The number of carbonyl (C=O) groups is 1. The highest BCUT2D eigenvalue weighted by Crippen LogP contribution is 2.38. The van der Waals surface area contributed by atoms with E-state index >= 15 is 0 Å². The maximum atomic E-state index is 12.1. The van der Waals surface area contributed by atoms with Gasteiger partial charge in [0.2, 0.25) is 0 Å². The minimum absolute atomic E-state index is 0.0937. The van der Waals surface area contributed by atoms with Crippen LogP contribution in [0.4, 0.5) is 0 Å². The molecule has 0 radical (unpaired) electrons. The number of hydrogen-bond acceptors (Lipinski definition) is 5. The first kappa shape index (κ1) is 20.6. The van der Waals surface area contributed by atoms with Gasteiger partial charge in [-0.15, -0.1) is 0 Å². The number of likely N-dealkylation sites (tertiary alicyclic amines) is 1. The summed E-state index contributed by atoms with van der Waals surface area (Å²) in [5, 5.41) is 3.96. The molecule has 0 aliphatic carbocycles. The number of hydrogen-bond donors (Lipinski definition) is 1. The molecule has 3 rings (SSSR count). The van der Waals surface area contributed by atoms with Gasteiger partial charge in [0.15, 0.2) is 17.5 Å². The van der Waals surface area contributed by atoms with Crippen LogP contribution in [0.3, 0.4) is 0 Å². The van der Waals surface area contributed by atoms with Crippen molar-refractivity contribution in [2.75, 3.05) is 46.5 Å². The Morgan fingerprint density at radius 3 is 3.00 bits per heavy atom. The average molecular weight is 410 g/mol. The Morgan fingerprint density at radius 2 is 2.21 bits per heavy atom. The topological polar surface area (TPSA) is 72.4 Å². The largest absolute Gasteiger partial charge is 0.486 e. The fraction of sp³-hybridized carbons (Fsp3) is 0.600. The summed E-state index contributed by atoms with van der Waals surface area (Å²) in [5.74, 6) is 1.92. The van der Waals surface area contributed by atoms with Gasteiger partial charge in [0, 0.05) is 26.7 Å². The Balaban J connectivity index is 1.54. The number of nitrogens with zero attached hydrogens (tertiary/aromatic N) is 2. The highest BCUT2D eigenvalue weighted by Gasteiger charge is 2.28. The summed E-state index contributed by atoms with van der Waals surface area (Å²) >= 11 is 6.31. The minimum atomic E-state index is -0.117. The van der Waals surface area contributed by atoms with E-state index in [1.54, 1.807) is 7.05 Å². The summed E-state index contributed by atoms with van der Waals surface area (Å²) in [4.78, 5) is 18.6. The lowest BCUT2D eigenvalue weighted by molar-refractivity contribution is -0.149. The van der Waals surface area contributed by atoms with Crippen molar-refractivity contribution in [3.05, 3.63) is 22.7 Å². The molecule has 1 unspecified atom stereocenters. The summed E-state index contributed by atoms with van der Waals surface area (Å²) in [6, 6.07) is 3.89. The molecule has 1 N–H and O–H groups in total. The van der Waals surface area contributed by atoms with Gasteiger partial charge >= 0.3 is 5.97 Å².